The van der Waals surface area contributed by atoms with Gasteiger partial charge in [0, 0.05) is 68.2 Å². The Morgan fingerprint density at radius 3 is 0.543 bits per heavy atom. The minimum Gasteiger partial charge on any atom is -0.504 e. The molecule has 0 spiro atoms. The topological polar surface area (TPSA) is 243 Å². The maximum Gasteiger partial charge on any atom is 0.200 e. The number of fused-ring (bicyclic) bond motifs is 20. The molecule has 0 saturated heterocycles. The van der Waals surface area contributed by atoms with Gasteiger partial charge in [-0.05, 0) is 161 Å². The highest BCUT2D eigenvalue weighted by Crippen LogP contribution is 2.61. The van der Waals surface area contributed by atoms with Crippen LogP contribution in [0.15, 0.2) is 194 Å². The number of phenolic OH excluding ortho intramolecular Hbond substituents is 12. The first-order valence-corrected chi connectivity index (χ1v) is 30.5. The Hall–Kier alpha value is -11.8. The van der Waals surface area contributed by atoms with Crippen LogP contribution in [0.4, 0.5) is 0 Å². The van der Waals surface area contributed by atoms with Crippen molar-refractivity contribution in [3.8, 4) is 114 Å². The van der Waals surface area contributed by atoms with Gasteiger partial charge in [0.2, 0.25) is 23.0 Å². The fourth-order valence-electron chi connectivity index (χ4n) is 16.0. The molecule has 0 heterocycles. The molecule has 12 aromatic rings. The molecule has 0 aromatic heterocycles. The molecule has 0 aliphatic heterocycles. The van der Waals surface area contributed by atoms with Gasteiger partial charge in [0.05, 0.1) is 0 Å². The van der Waals surface area contributed by atoms with Crippen LogP contribution in [-0.2, 0) is 25.7 Å². The molecule has 12 heteroatoms. The first kappa shape index (κ1) is 54.4. The summed E-state index contributed by atoms with van der Waals surface area (Å²) in [6.45, 7) is 0. The smallest absolute Gasteiger partial charge is 0.200 e. The van der Waals surface area contributed by atoms with Crippen LogP contribution >= 0.6 is 0 Å². The normalized spacial score (nSPS) is 16.6. The molecule has 448 valence electrons. The molecule has 0 atom stereocenters. The second kappa shape index (κ2) is 19.9. The molecule has 8 bridgehead atoms. The second-order valence-electron chi connectivity index (χ2n) is 25.1. The average Bonchev–Trinajstić information content (AvgIpc) is 0.834. The van der Waals surface area contributed by atoms with E-state index in [4.69, 9.17) is 0 Å². The van der Waals surface area contributed by atoms with Crippen molar-refractivity contribution in [3.63, 3.8) is 0 Å². The van der Waals surface area contributed by atoms with E-state index in [0.29, 0.717) is 47.9 Å². The first-order chi connectivity index (χ1) is 44.6. The summed E-state index contributed by atoms with van der Waals surface area (Å²) in [5.41, 5.74) is 16.0. The van der Waals surface area contributed by atoms with E-state index in [2.05, 4.69) is 0 Å². The number of phenols is 12. The van der Waals surface area contributed by atoms with Crippen LogP contribution in [0.3, 0.4) is 0 Å². The highest BCUT2D eigenvalue weighted by Gasteiger charge is 2.41. The number of hydrogen-bond acceptors (Lipinski definition) is 12. The van der Waals surface area contributed by atoms with Crippen molar-refractivity contribution in [1.29, 1.82) is 0 Å². The van der Waals surface area contributed by atoms with Gasteiger partial charge in [0.25, 0.3) is 0 Å². The number of rotatable bonds is 4. The lowest BCUT2D eigenvalue weighted by atomic mass is 9.74. The Balaban J connectivity index is 1.01. The van der Waals surface area contributed by atoms with E-state index in [1.54, 1.807) is 24.3 Å². The predicted molar refractivity (Wildman–Crippen MR) is 348 cm³/mol. The van der Waals surface area contributed by atoms with Crippen molar-refractivity contribution < 1.29 is 61.3 Å². The third-order valence-corrected chi connectivity index (χ3v) is 20.3. The quantitative estimate of drug-likeness (QED) is 0.0737. The third-order valence-electron chi connectivity index (χ3n) is 20.3. The molecule has 0 saturated carbocycles. The van der Waals surface area contributed by atoms with E-state index in [-0.39, 0.29) is 44.5 Å². The van der Waals surface area contributed by atoms with Crippen LogP contribution in [0, 0.1) is 0 Å². The summed E-state index contributed by atoms with van der Waals surface area (Å²) in [4.78, 5) is 0. The fraction of sp³-hybridized carbons (Fsp3) is 0.100. The Labute approximate surface area is 526 Å². The molecule has 12 aromatic carbocycles. The van der Waals surface area contributed by atoms with E-state index in [1.165, 1.54) is 24.3 Å². The van der Waals surface area contributed by atoms with Crippen molar-refractivity contribution in [2.45, 2.75) is 49.4 Å². The summed E-state index contributed by atoms with van der Waals surface area (Å²) in [5.74, 6) is -16.2. The van der Waals surface area contributed by atoms with Gasteiger partial charge in [-0.15, -0.1) is 0 Å². The van der Waals surface area contributed by atoms with Crippen molar-refractivity contribution in [1.82, 2.24) is 0 Å². The maximum absolute atomic E-state index is 12.7. The third kappa shape index (κ3) is 7.82. The molecule has 5 aliphatic rings. The molecule has 5 aliphatic carbocycles. The summed E-state index contributed by atoms with van der Waals surface area (Å²) >= 11 is 0. The number of hydrogen-bond donors (Lipinski definition) is 12. The van der Waals surface area contributed by atoms with Gasteiger partial charge >= 0.3 is 0 Å². The predicted octanol–water partition coefficient (Wildman–Crippen LogP) is 15.5. The Bertz CT molecular complexity index is 4490. The number of benzene rings is 12. The highest BCUT2D eigenvalue weighted by atomic mass is 16.3. The first-order valence-electron chi connectivity index (χ1n) is 30.5. The maximum atomic E-state index is 12.7. The van der Waals surface area contributed by atoms with E-state index in [0.717, 1.165) is 89.0 Å². The summed E-state index contributed by atoms with van der Waals surface area (Å²) in [5, 5.41) is 152. The van der Waals surface area contributed by atoms with E-state index < -0.39 is 92.7 Å². The Morgan fingerprint density at radius 2 is 0.348 bits per heavy atom. The summed E-state index contributed by atoms with van der Waals surface area (Å²) < 4.78 is 0. The standard InChI is InChI=1S/C80H56O12/c81-69-57-33-59(71(83)77(69)89)66(42-18-22-54-46(30-42)26-38-10-2-6-14-50(38)54)61-35-63(75(87)79(91)73(61)85)68(44-20-24-56-48(32-44)28-40-12-4-8-16-52(40)56)64-36-62(74(86)80(92)76(64)88)67(43-19-23-55-47(31-43)27-39-11-3-7-15-51(39)55)60-34-58(70(82)78(90)72(60)84)65(57)41-17-21-53-45(29-41)25-37-9-1-5-13-49(37)53/h1-24,29-36,65-68,81-92H,25-28H2. The lowest BCUT2D eigenvalue weighted by Gasteiger charge is -2.31. The SMILES string of the molecule is Oc1c2cc(c(O)c1O)C(c1ccc3c(c1)Cc1ccccc1-3)c1cc(c(O)c(O)c1O)C(c1ccc3c(c1)Cc1ccccc1-3)c1cc(c(O)c(O)c1O)C(c1ccc3c(c1)Cc1ccccc1-3)c1cc(c(O)c(O)c1O)C2c1ccc2c(c1)Cc1ccccc1-2. The average molecular weight is 1210 g/mol. The highest BCUT2D eigenvalue weighted by molar-refractivity contribution is 5.83. The molecule has 0 fully saturated rings. The monoisotopic (exact) mass is 1210 g/mol. The van der Waals surface area contributed by atoms with Crippen molar-refractivity contribution in [3.05, 3.63) is 305 Å². The molecule has 17 rings (SSSR count). The molecule has 12 nitrogen and oxygen atoms in total. The summed E-state index contributed by atoms with van der Waals surface area (Å²) in [6, 6.07) is 60.0. The Kier molecular flexibility index (Phi) is 11.7. The van der Waals surface area contributed by atoms with E-state index in [1.807, 2.05) is 146 Å². The van der Waals surface area contributed by atoms with Gasteiger partial charge in [-0.25, -0.2) is 0 Å². The van der Waals surface area contributed by atoms with Crippen molar-refractivity contribution >= 4 is 0 Å². The van der Waals surface area contributed by atoms with Gasteiger partial charge < -0.3 is 61.3 Å². The lowest BCUT2D eigenvalue weighted by Crippen LogP contribution is -2.13. The van der Waals surface area contributed by atoms with Crippen molar-refractivity contribution in [2.75, 3.05) is 0 Å². The molecular weight excluding hydrogens is 1150 g/mol. The van der Waals surface area contributed by atoms with Gasteiger partial charge in [-0.1, -0.05) is 170 Å². The van der Waals surface area contributed by atoms with Crippen LogP contribution in [0.2, 0.25) is 0 Å². The zero-order valence-corrected chi connectivity index (χ0v) is 49.0. The zero-order chi connectivity index (χ0) is 62.9. The zero-order valence-electron chi connectivity index (χ0n) is 49.0. The van der Waals surface area contributed by atoms with Gasteiger partial charge in [0.15, 0.2) is 46.0 Å². The van der Waals surface area contributed by atoms with Crippen LogP contribution in [0.1, 0.15) is 135 Å². The molecule has 0 radical (unpaired) electrons. The minimum absolute atomic E-state index is 0.123. The van der Waals surface area contributed by atoms with Crippen LogP contribution < -0.4 is 0 Å². The largest absolute Gasteiger partial charge is 0.504 e. The lowest BCUT2D eigenvalue weighted by molar-refractivity contribution is 0.353. The molecule has 0 unspecified atom stereocenters. The molecule has 12 N–H and O–H groups in total. The fourth-order valence-corrected chi connectivity index (χ4v) is 16.0. The second-order valence-corrected chi connectivity index (χ2v) is 25.1. The van der Waals surface area contributed by atoms with E-state index in [9.17, 15) is 61.3 Å². The van der Waals surface area contributed by atoms with Crippen LogP contribution in [0.5, 0.6) is 69.0 Å². The van der Waals surface area contributed by atoms with Gasteiger partial charge in [-0.2, -0.15) is 0 Å². The van der Waals surface area contributed by atoms with Crippen molar-refractivity contribution in [2.24, 2.45) is 0 Å². The molecule has 0 amide bonds. The Morgan fingerprint density at radius 1 is 0.174 bits per heavy atom. The van der Waals surface area contributed by atoms with Gasteiger partial charge in [-0.3, -0.25) is 0 Å². The molecular formula is C80H56O12. The van der Waals surface area contributed by atoms with Crippen LogP contribution in [-0.4, -0.2) is 61.3 Å². The van der Waals surface area contributed by atoms with Gasteiger partial charge in [0.1, 0.15) is 0 Å². The molecule has 92 heavy (non-hydrogen) atoms. The number of aromatic hydroxyl groups is 12. The minimum atomic E-state index is -1.41. The summed E-state index contributed by atoms with van der Waals surface area (Å²) in [6.07, 6.45) is 1.98. The summed E-state index contributed by atoms with van der Waals surface area (Å²) in [7, 11) is 0. The van der Waals surface area contributed by atoms with E-state index >= 15 is 0 Å². The van der Waals surface area contributed by atoms with Crippen LogP contribution in [0.25, 0.3) is 44.5 Å².